The first-order valence-electron chi connectivity index (χ1n) is 5.94. The van der Waals surface area contributed by atoms with E-state index in [1.54, 1.807) is 0 Å². The van der Waals surface area contributed by atoms with Crippen LogP contribution in [0.1, 0.15) is 26.7 Å². The van der Waals surface area contributed by atoms with Crippen LogP contribution in [0.4, 0.5) is 0 Å². The summed E-state index contributed by atoms with van der Waals surface area (Å²) in [7, 11) is 0. The van der Waals surface area contributed by atoms with Crippen molar-refractivity contribution in [1.82, 2.24) is 10.6 Å². The van der Waals surface area contributed by atoms with Gasteiger partial charge in [0.2, 0.25) is 5.91 Å². The van der Waals surface area contributed by atoms with E-state index in [0.717, 1.165) is 6.42 Å². The first-order chi connectivity index (χ1) is 7.91. The van der Waals surface area contributed by atoms with Crippen LogP contribution in [0.15, 0.2) is 0 Å². The molecule has 0 aromatic heterocycles. The van der Waals surface area contributed by atoms with Gasteiger partial charge in [0.15, 0.2) is 0 Å². The van der Waals surface area contributed by atoms with Gasteiger partial charge < -0.3 is 21.5 Å². The number of nitrogens with one attached hydrogen (secondary N) is 2. The molecule has 0 saturated carbocycles. The third-order valence-electron chi connectivity index (χ3n) is 3.07. The molecule has 6 heteroatoms. The second-order valence-corrected chi connectivity index (χ2v) is 4.84. The molecule has 0 aromatic carbocycles. The molecule has 1 fully saturated rings. The molecular formula is C11H21N3O3. The molecule has 6 nitrogen and oxygen atoms in total. The highest BCUT2D eigenvalue weighted by Gasteiger charge is 2.28. The third-order valence-corrected chi connectivity index (χ3v) is 3.07. The van der Waals surface area contributed by atoms with E-state index < -0.39 is 18.1 Å². The quantitative estimate of drug-likeness (QED) is 0.522. The molecule has 1 saturated heterocycles. The maximum Gasteiger partial charge on any atom is 0.320 e. The fraction of sp³-hybridized carbons (Fsp3) is 0.818. The van der Waals surface area contributed by atoms with Gasteiger partial charge in [-0.3, -0.25) is 9.59 Å². The van der Waals surface area contributed by atoms with Crippen molar-refractivity contribution in [1.29, 1.82) is 0 Å². The van der Waals surface area contributed by atoms with Crippen LogP contribution in [0.3, 0.4) is 0 Å². The fourth-order valence-corrected chi connectivity index (χ4v) is 1.84. The molecule has 0 spiro atoms. The van der Waals surface area contributed by atoms with Gasteiger partial charge in [0.1, 0.15) is 6.04 Å². The zero-order valence-electron chi connectivity index (χ0n) is 10.3. The number of aliphatic carboxylic acids is 1. The molecule has 1 aliphatic rings. The Bertz CT molecular complexity index is 294. The molecule has 5 N–H and O–H groups in total. The van der Waals surface area contributed by atoms with E-state index in [1.165, 1.54) is 0 Å². The number of rotatable bonds is 4. The molecule has 98 valence electrons. The Labute approximate surface area is 101 Å². The fourth-order valence-electron chi connectivity index (χ4n) is 1.84. The summed E-state index contributed by atoms with van der Waals surface area (Å²) < 4.78 is 0. The predicted molar refractivity (Wildman–Crippen MR) is 63.4 cm³/mol. The topological polar surface area (TPSA) is 104 Å². The molecular weight excluding hydrogens is 222 g/mol. The molecule has 1 rings (SSSR count). The van der Waals surface area contributed by atoms with Crippen molar-refractivity contribution in [2.24, 2.45) is 11.7 Å². The van der Waals surface area contributed by atoms with E-state index in [-0.39, 0.29) is 17.9 Å². The van der Waals surface area contributed by atoms with Crippen LogP contribution in [-0.2, 0) is 9.59 Å². The van der Waals surface area contributed by atoms with Gasteiger partial charge in [0.25, 0.3) is 0 Å². The Balaban J connectivity index is 2.46. The van der Waals surface area contributed by atoms with Gasteiger partial charge in [0.05, 0.1) is 6.04 Å². The molecule has 1 heterocycles. The summed E-state index contributed by atoms with van der Waals surface area (Å²) in [5.41, 5.74) is 5.73. The molecule has 0 bridgehead atoms. The Hall–Kier alpha value is -1.14. The third kappa shape index (κ3) is 3.98. The summed E-state index contributed by atoms with van der Waals surface area (Å²) in [4.78, 5) is 22.6. The minimum Gasteiger partial charge on any atom is -0.480 e. The Morgan fingerprint density at radius 1 is 1.47 bits per heavy atom. The number of carboxylic acids is 1. The Kier molecular flexibility index (Phi) is 4.89. The number of carboxylic acid groups (broad SMARTS) is 1. The standard InChI is InChI=1S/C11H21N3O3/c1-6(2)9(12)10(15)14-7-3-4-13-8(5-7)11(16)17/h6-9,13H,3-5,12H2,1-2H3,(H,14,15)(H,16,17). The largest absolute Gasteiger partial charge is 0.480 e. The highest BCUT2D eigenvalue weighted by molar-refractivity contribution is 5.82. The average molecular weight is 243 g/mol. The lowest BCUT2D eigenvalue weighted by molar-refractivity contribution is -0.140. The van der Waals surface area contributed by atoms with Crippen LogP contribution in [0.2, 0.25) is 0 Å². The number of nitrogens with two attached hydrogens (primary N) is 1. The maximum absolute atomic E-state index is 11.7. The van der Waals surface area contributed by atoms with Crippen molar-refractivity contribution in [3.63, 3.8) is 0 Å². The lowest BCUT2D eigenvalue weighted by Crippen LogP contribution is -2.54. The minimum absolute atomic E-state index is 0.0759. The molecule has 0 aliphatic carbocycles. The monoisotopic (exact) mass is 243 g/mol. The zero-order chi connectivity index (χ0) is 13.0. The molecule has 1 amide bonds. The highest BCUT2D eigenvalue weighted by atomic mass is 16.4. The van der Waals surface area contributed by atoms with Gasteiger partial charge in [-0.1, -0.05) is 13.8 Å². The maximum atomic E-state index is 11.7. The Morgan fingerprint density at radius 2 is 2.12 bits per heavy atom. The van der Waals surface area contributed by atoms with Crippen molar-refractivity contribution in [2.75, 3.05) is 6.54 Å². The van der Waals surface area contributed by atoms with Crippen molar-refractivity contribution in [2.45, 2.75) is 44.8 Å². The van der Waals surface area contributed by atoms with Crippen molar-refractivity contribution >= 4 is 11.9 Å². The van der Waals surface area contributed by atoms with E-state index in [4.69, 9.17) is 10.8 Å². The van der Waals surface area contributed by atoms with Gasteiger partial charge in [-0.25, -0.2) is 0 Å². The van der Waals surface area contributed by atoms with Crippen LogP contribution in [-0.4, -0.2) is 41.7 Å². The summed E-state index contributed by atoms with van der Waals surface area (Å²) >= 11 is 0. The number of amides is 1. The zero-order valence-corrected chi connectivity index (χ0v) is 10.3. The van der Waals surface area contributed by atoms with Gasteiger partial charge in [-0.2, -0.15) is 0 Å². The van der Waals surface area contributed by atoms with E-state index in [1.807, 2.05) is 13.8 Å². The number of hydrogen-bond donors (Lipinski definition) is 4. The van der Waals surface area contributed by atoms with Gasteiger partial charge >= 0.3 is 5.97 Å². The first kappa shape index (κ1) is 13.9. The summed E-state index contributed by atoms with van der Waals surface area (Å²) in [6, 6.07) is -1.22. The minimum atomic E-state index is -0.878. The SMILES string of the molecule is CC(C)C(N)C(=O)NC1CCNC(C(=O)O)C1. The van der Waals surface area contributed by atoms with Gasteiger partial charge in [-0.05, 0) is 25.3 Å². The number of carbonyl (C=O) groups excluding carboxylic acids is 1. The van der Waals surface area contributed by atoms with Crippen molar-refractivity contribution in [3.8, 4) is 0 Å². The summed E-state index contributed by atoms with van der Waals surface area (Å²) in [5.74, 6) is -1.000. The average Bonchev–Trinajstić information content (AvgIpc) is 2.28. The molecule has 17 heavy (non-hydrogen) atoms. The smallest absolute Gasteiger partial charge is 0.320 e. The number of carbonyl (C=O) groups is 2. The Morgan fingerprint density at radius 3 is 2.65 bits per heavy atom. The predicted octanol–water partition coefficient (Wildman–Crippen LogP) is -0.709. The van der Waals surface area contributed by atoms with E-state index in [2.05, 4.69) is 10.6 Å². The molecule has 1 aliphatic heterocycles. The lowest BCUT2D eigenvalue weighted by Gasteiger charge is -2.29. The van der Waals surface area contributed by atoms with Crippen molar-refractivity contribution in [3.05, 3.63) is 0 Å². The molecule has 3 unspecified atom stereocenters. The van der Waals surface area contributed by atoms with Crippen LogP contribution >= 0.6 is 0 Å². The van der Waals surface area contributed by atoms with Gasteiger partial charge in [-0.15, -0.1) is 0 Å². The second kappa shape index (κ2) is 5.97. The molecule has 0 radical (unpaired) electrons. The van der Waals surface area contributed by atoms with Crippen LogP contribution in [0.5, 0.6) is 0 Å². The summed E-state index contributed by atoms with van der Waals surface area (Å²) in [5, 5.41) is 14.6. The molecule has 0 aromatic rings. The van der Waals surface area contributed by atoms with Crippen LogP contribution in [0.25, 0.3) is 0 Å². The summed E-state index contributed by atoms with van der Waals surface area (Å²) in [6.45, 7) is 4.36. The first-order valence-corrected chi connectivity index (χ1v) is 5.94. The van der Waals surface area contributed by atoms with E-state index in [0.29, 0.717) is 13.0 Å². The molecule has 3 atom stereocenters. The van der Waals surface area contributed by atoms with Crippen LogP contribution in [0, 0.1) is 5.92 Å². The number of hydrogen-bond acceptors (Lipinski definition) is 4. The van der Waals surface area contributed by atoms with E-state index in [9.17, 15) is 9.59 Å². The lowest BCUT2D eigenvalue weighted by atomic mass is 9.98. The number of piperidine rings is 1. The normalized spacial score (nSPS) is 26.6. The van der Waals surface area contributed by atoms with Crippen molar-refractivity contribution < 1.29 is 14.7 Å². The van der Waals surface area contributed by atoms with Crippen LogP contribution < -0.4 is 16.4 Å². The summed E-state index contributed by atoms with van der Waals surface area (Å²) in [6.07, 6.45) is 1.15. The second-order valence-electron chi connectivity index (χ2n) is 4.84. The highest BCUT2D eigenvalue weighted by Crippen LogP contribution is 2.10. The van der Waals surface area contributed by atoms with Gasteiger partial charge in [0, 0.05) is 6.04 Å². The van der Waals surface area contributed by atoms with E-state index >= 15 is 0 Å².